The number of hydrogen-bond acceptors (Lipinski definition) is 3. The molecule has 0 heterocycles. The quantitative estimate of drug-likeness (QED) is 0.525. The standard InChI is InChI=1S/C13H10Br4O4/c14-11(15)9(18)4-6-1-7(5-10(19)12(16)17)3-8(2-6)13(20)21/h1-3,11-12H,4-5H2,(H,20,21). The Morgan fingerprint density at radius 3 is 1.52 bits per heavy atom. The first-order valence-electron chi connectivity index (χ1n) is 5.68. The highest BCUT2D eigenvalue weighted by Gasteiger charge is 2.16. The van der Waals surface area contributed by atoms with Crippen LogP contribution in [0, 0.1) is 0 Å². The van der Waals surface area contributed by atoms with Crippen LogP contribution in [-0.4, -0.2) is 30.1 Å². The average molecular weight is 550 g/mol. The van der Waals surface area contributed by atoms with Crippen LogP contribution in [0.1, 0.15) is 21.5 Å². The first-order chi connectivity index (χ1) is 9.70. The molecule has 1 aromatic rings. The topological polar surface area (TPSA) is 71.4 Å². The largest absolute Gasteiger partial charge is 0.478 e. The molecule has 21 heavy (non-hydrogen) atoms. The molecule has 1 rings (SSSR count). The van der Waals surface area contributed by atoms with Gasteiger partial charge in [-0.2, -0.15) is 0 Å². The molecule has 1 aromatic carbocycles. The highest BCUT2D eigenvalue weighted by molar-refractivity contribution is 9.25. The van der Waals surface area contributed by atoms with Gasteiger partial charge in [0.1, 0.15) is 7.47 Å². The zero-order valence-corrected chi connectivity index (χ0v) is 16.8. The van der Waals surface area contributed by atoms with E-state index in [2.05, 4.69) is 63.7 Å². The number of carbonyl (C=O) groups is 3. The molecule has 0 amide bonds. The highest BCUT2D eigenvalue weighted by Crippen LogP contribution is 2.19. The van der Waals surface area contributed by atoms with Crippen LogP contribution >= 0.6 is 63.7 Å². The van der Waals surface area contributed by atoms with Crippen molar-refractivity contribution in [1.29, 1.82) is 0 Å². The van der Waals surface area contributed by atoms with Crippen LogP contribution in [0.25, 0.3) is 0 Å². The van der Waals surface area contributed by atoms with E-state index in [0.717, 1.165) is 0 Å². The summed E-state index contributed by atoms with van der Waals surface area (Å²) in [4.78, 5) is 34.6. The molecule has 8 heteroatoms. The van der Waals surface area contributed by atoms with Gasteiger partial charge in [0, 0.05) is 12.8 Å². The number of aromatic carboxylic acids is 1. The number of rotatable bonds is 7. The predicted molar refractivity (Wildman–Crippen MR) is 94.1 cm³/mol. The fourth-order valence-corrected chi connectivity index (χ4v) is 2.29. The molecule has 0 aliphatic heterocycles. The zero-order chi connectivity index (χ0) is 16.2. The number of alkyl halides is 4. The summed E-state index contributed by atoms with van der Waals surface area (Å²) in [6.07, 6.45) is 0.158. The minimum atomic E-state index is -1.10. The molecule has 0 aliphatic rings. The molecular formula is C13H10Br4O4. The van der Waals surface area contributed by atoms with Crippen molar-refractivity contribution in [2.75, 3.05) is 0 Å². The lowest BCUT2D eigenvalue weighted by Crippen LogP contribution is -2.13. The number of Topliss-reactive ketones (excluding diaryl/α,β-unsaturated/α-hetero) is 2. The monoisotopic (exact) mass is 546 g/mol. The van der Waals surface area contributed by atoms with Crippen LogP contribution in [0.15, 0.2) is 18.2 Å². The van der Waals surface area contributed by atoms with Crippen LogP contribution in [0.3, 0.4) is 0 Å². The van der Waals surface area contributed by atoms with Crippen LogP contribution in [0.2, 0.25) is 0 Å². The third-order valence-electron chi connectivity index (χ3n) is 2.54. The van der Waals surface area contributed by atoms with E-state index in [1.165, 1.54) is 12.1 Å². The van der Waals surface area contributed by atoms with Crippen molar-refractivity contribution < 1.29 is 19.5 Å². The molecular weight excluding hydrogens is 540 g/mol. The third-order valence-corrected chi connectivity index (χ3v) is 4.59. The Labute approximate surface area is 155 Å². The molecule has 0 atom stereocenters. The van der Waals surface area contributed by atoms with E-state index in [0.29, 0.717) is 11.1 Å². The van der Waals surface area contributed by atoms with Crippen LogP contribution in [0.5, 0.6) is 0 Å². The average Bonchev–Trinajstić information content (AvgIpc) is 2.37. The van der Waals surface area contributed by atoms with Crippen molar-refractivity contribution in [3.63, 3.8) is 0 Å². The summed E-state index contributed by atoms with van der Waals surface area (Å²) in [6, 6.07) is 4.56. The summed E-state index contributed by atoms with van der Waals surface area (Å²) in [5.74, 6) is -1.36. The molecule has 0 aliphatic carbocycles. The van der Waals surface area contributed by atoms with Gasteiger partial charge in [0.05, 0.1) is 5.56 Å². The molecule has 0 spiro atoms. The van der Waals surface area contributed by atoms with Gasteiger partial charge >= 0.3 is 5.97 Å². The maximum atomic E-state index is 11.7. The lowest BCUT2D eigenvalue weighted by atomic mass is 9.99. The lowest BCUT2D eigenvalue weighted by molar-refractivity contribution is -0.117. The Hall–Kier alpha value is -0.0500. The number of benzene rings is 1. The van der Waals surface area contributed by atoms with Gasteiger partial charge in [0.2, 0.25) is 0 Å². The summed E-state index contributed by atoms with van der Waals surface area (Å²) in [5.41, 5.74) is 1.18. The SMILES string of the molecule is O=C(O)c1cc(CC(=O)C(Br)Br)cc(CC(=O)C(Br)Br)c1. The van der Waals surface area contributed by atoms with Gasteiger partial charge in [-0.05, 0) is 23.3 Å². The molecule has 0 saturated heterocycles. The van der Waals surface area contributed by atoms with Crippen molar-refractivity contribution >= 4 is 81.3 Å². The van der Waals surface area contributed by atoms with E-state index in [9.17, 15) is 14.4 Å². The summed E-state index contributed by atoms with van der Waals surface area (Å²) >= 11 is 12.4. The van der Waals surface area contributed by atoms with Crippen molar-refractivity contribution in [3.05, 3.63) is 34.9 Å². The molecule has 0 bridgehead atoms. The van der Waals surface area contributed by atoms with E-state index in [1.807, 2.05) is 0 Å². The second-order valence-corrected chi connectivity index (χ2v) is 10.4. The fraction of sp³-hybridized carbons (Fsp3) is 0.308. The molecule has 0 aromatic heterocycles. The number of carboxylic acid groups (broad SMARTS) is 1. The Morgan fingerprint density at radius 2 is 1.24 bits per heavy atom. The van der Waals surface area contributed by atoms with E-state index in [1.54, 1.807) is 6.07 Å². The van der Waals surface area contributed by atoms with Crippen molar-refractivity contribution in [2.45, 2.75) is 20.3 Å². The Bertz CT molecular complexity index is 529. The van der Waals surface area contributed by atoms with Crippen LogP contribution < -0.4 is 0 Å². The summed E-state index contributed by atoms with van der Waals surface area (Å²) in [6.45, 7) is 0. The lowest BCUT2D eigenvalue weighted by Gasteiger charge is -2.08. The summed E-state index contributed by atoms with van der Waals surface area (Å²) in [7, 11) is 0. The number of ketones is 2. The molecule has 0 fully saturated rings. The highest BCUT2D eigenvalue weighted by atomic mass is 79.9. The van der Waals surface area contributed by atoms with Gasteiger partial charge in [-0.1, -0.05) is 69.8 Å². The normalized spacial score (nSPS) is 11.0. The maximum Gasteiger partial charge on any atom is 0.335 e. The second kappa shape index (κ2) is 8.55. The van der Waals surface area contributed by atoms with Crippen LogP contribution in [0.4, 0.5) is 0 Å². The summed E-state index contributed by atoms with van der Waals surface area (Å²) < 4.78 is -0.976. The third kappa shape index (κ3) is 6.30. The number of carbonyl (C=O) groups excluding carboxylic acids is 2. The van der Waals surface area contributed by atoms with Crippen LogP contribution in [-0.2, 0) is 22.4 Å². The fourth-order valence-electron chi connectivity index (χ4n) is 1.65. The first-order valence-corrected chi connectivity index (χ1v) is 9.35. The van der Waals surface area contributed by atoms with Gasteiger partial charge in [-0.15, -0.1) is 0 Å². The zero-order valence-electron chi connectivity index (χ0n) is 10.5. The minimum Gasteiger partial charge on any atom is -0.478 e. The number of halogens is 4. The molecule has 0 saturated carbocycles. The Morgan fingerprint density at radius 1 is 0.857 bits per heavy atom. The molecule has 114 valence electrons. The number of carboxylic acids is 1. The van der Waals surface area contributed by atoms with Crippen molar-refractivity contribution in [3.8, 4) is 0 Å². The molecule has 1 N–H and O–H groups in total. The van der Waals surface area contributed by atoms with E-state index in [4.69, 9.17) is 5.11 Å². The molecule has 0 unspecified atom stereocenters. The Balaban J connectivity index is 3.08. The maximum absolute atomic E-state index is 11.7. The predicted octanol–water partition coefficient (Wildman–Crippen LogP) is 3.84. The van der Waals surface area contributed by atoms with E-state index < -0.39 is 13.4 Å². The van der Waals surface area contributed by atoms with Gasteiger partial charge in [-0.3, -0.25) is 9.59 Å². The number of hydrogen-bond donors (Lipinski definition) is 1. The van der Waals surface area contributed by atoms with Gasteiger partial charge in [-0.25, -0.2) is 4.79 Å². The van der Waals surface area contributed by atoms with E-state index in [-0.39, 0.29) is 30.0 Å². The smallest absolute Gasteiger partial charge is 0.335 e. The second-order valence-electron chi connectivity index (χ2n) is 4.23. The van der Waals surface area contributed by atoms with Crippen molar-refractivity contribution in [1.82, 2.24) is 0 Å². The summed E-state index contributed by atoms with van der Waals surface area (Å²) in [5, 5.41) is 9.11. The van der Waals surface area contributed by atoms with Gasteiger partial charge in [0.15, 0.2) is 11.6 Å². The first kappa shape index (κ1) is 19.0. The minimum absolute atomic E-state index is 0.0597. The van der Waals surface area contributed by atoms with E-state index >= 15 is 0 Å². The molecule has 0 radical (unpaired) electrons. The van der Waals surface area contributed by atoms with Gasteiger partial charge in [0.25, 0.3) is 0 Å². The van der Waals surface area contributed by atoms with Crippen molar-refractivity contribution in [2.24, 2.45) is 0 Å². The molecule has 4 nitrogen and oxygen atoms in total. The Kier molecular flexibility index (Phi) is 7.73. The van der Waals surface area contributed by atoms with Gasteiger partial charge < -0.3 is 5.11 Å².